The number of hydrogen-bond donors (Lipinski definition) is 1. The number of aromatic nitrogens is 2. The highest BCUT2D eigenvalue weighted by atomic mass is 16.6. The quantitative estimate of drug-likeness (QED) is 0.623. The van der Waals surface area contributed by atoms with Crippen molar-refractivity contribution in [3.05, 3.63) is 15.9 Å². The second-order valence-electron chi connectivity index (χ2n) is 3.99. The summed E-state index contributed by atoms with van der Waals surface area (Å²) in [6.07, 6.45) is 0. The monoisotopic (exact) mass is 240 g/mol. The SMILES string of the molecule is CNc1nc(C)nc(OCC(C)C)c1[N+](=O)[O-]. The summed E-state index contributed by atoms with van der Waals surface area (Å²) < 4.78 is 5.35. The minimum atomic E-state index is -0.541. The van der Waals surface area contributed by atoms with Crippen molar-refractivity contribution in [2.24, 2.45) is 5.92 Å². The Morgan fingerprint density at radius 2 is 2.12 bits per heavy atom. The average Bonchev–Trinajstić information content (AvgIpc) is 2.24. The molecular formula is C10H16N4O3. The molecule has 0 aromatic carbocycles. The van der Waals surface area contributed by atoms with Gasteiger partial charge in [-0.25, -0.2) is 4.98 Å². The predicted octanol–water partition coefficient (Wildman–Crippen LogP) is 1.77. The maximum Gasteiger partial charge on any atom is 0.372 e. The second-order valence-corrected chi connectivity index (χ2v) is 3.99. The lowest BCUT2D eigenvalue weighted by molar-refractivity contribution is -0.385. The van der Waals surface area contributed by atoms with Crippen molar-refractivity contribution < 1.29 is 9.66 Å². The molecule has 1 aromatic rings. The molecule has 0 aliphatic rings. The molecule has 1 aromatic heterocycles. The summed E-state index contributed by atoms with van der Waals surface area (Å²) in [4.78, 5) is 18.3. The first-order chi connectivity index (χ1) is 7.95. The summed E-state index contributed by atoms with van der Waals surface area (Å²) in [6, 6.07) is 0. The van der Waals surface area contributed by atoms with Crippen molar-refractivity contribution >= 4 is 11.5 Å². The molecule has 0 amide bonds. The third kappa shape index (κ3) is 3.27. The Labute approximate surface area is 99.4 Å². The van der Waals surface area contributed by atoms with E-state index in [2.05, 4.69) is 15.3 Å². The van der Waals surface area contributed by atoms with Crippen LogP contribution >= 0.6 is 0 Å². The molecule has 0 aliphatic heterocycles. The average molecular weight is 240 g/mol. The molecule has 0 saturated heterocycles. The number of aryl methyl sites for hydroxylation is 1. The summed E-state index contributed by atoms with van der Waals surface area (Å²) in [5, 5.41) is 13.6. The van der Waals surface area contributed by atoms with Gasteiger partial charge in [-0.1, -0.05) is 13.8 Å². The van der Waals surface area contributed by atoms with Gasteiger partial charge in [0.15, 0.2) is 0 Å². The molecule has 0 bridgehead atoms. The third-order valence-electron chi connectivity index (χ3n) is 1.94. The van der Waals surface area contributed by atoms with Crippen molar-refractivity contribution in [2.75, 3.05) is 19.0 Å². The van der Waals surface area contributed by atoms with Gasteiger partial charge in [0.2, 0.25) is 5.82 Å². The lowest BCUT2D eigenvalue weighted by Crippen LogP contribution is -2.10. The lowest BCUT2D eigenvalue weighted by atomic mass is 10.2. The van der Waals surface area contributed by atoms with Crippen molar-refractivity contribution in [1.82, 2.24) is 9.97 Å². The molecule has 17 heavy (non-hydrogen) atoms. The summed E-state index contributed by atoms with van der Waals surface area (Å²) in [6.45, 7) is 5.95. The number of anilines is 1. The standard InChI is InChI=1S/C10H16N4O3/c1-6(2)5-17-10-8(14(15)16)9(11-4)12-7(3)13-10/h6H,5H2,1-4H3,(H,11,12,13). The van der Waals surface area contributed by atoms with Gasteiger partial charge in [0, 0.05) is 7.05 Å². The van der Waals surface area contributed by atoms with E-state index < -0.39 is 4.92 Å². The molecule has 0 fully saturated rings. The number of nitro groups is 1. The fourth-order valence-corrected chi connectivity index (χ4v) is 1.23. The third-order valence-corrected chi connectivity index (χ3v) is 1.94. The van der Waals surface area contributed by atoms with Crippen molar-refractivity contribution in [3.63, 3.8) is 0 Å². The Hall–Kier alpha value is -1.92. The van der Waals surface area contributed by atoms with Gasteiger partial charge in [-0.3, -0.25) is 10.1 Å². The largest absolute Gasteiger partial charge is 0.472 e. The van der Waals surface area contributed by atoms with E-state index in [0.717, 1.165) is 0 Å². The van der Waals surface area contributed by atoms with Crippen LogP contribution in [0.25, 0.3) is 0 Å². The Morgan fingerprint density at radius 1 is 1.47 bits per heavy atom. The zero-order valence-corrected chi connectivity index (χ0v) is 10.4. The Bertz CT molecular complexity index is 420. The van der Waals surface area contributed by atoms with E-state index in [9.17, 15) is 10.1 Å². The molecule has 1 N–H and O–H groups in total. The lowest BCUT2D eigenvalue weighted by Gasteiger charge is -2.10. The van der Waals surface area contributed by atoms with E-state index in [1.807, 2.05) is 13.8 Å². The second kappa shape index (κ2) is 5.42. The number of rotatable bonds is 5. The summed E-state index contributed by atoms with van der Waals surface area (Å²) in [7, 11) is 1.57. The molecule has 7 heteroatoms. The van der Waals surface area contributed by atoms with Crippen LogP contribution in [0.2, 0.25) is 0 Å². The number of ether oxygens (including phenoxy) is 1. The minimum Gasteiger partial charge on any atom is -0.472 e. The van der Waals surface area contributed by atoms with Gasteiger partial charge in [-0.15, -0.1) is 0 Å². The van der Waals surface area contributed by atoms with Gasteiger partial charge in [0.05, 0.1) is 11.5 Å². The van der Waals surface area contributed by atoms with Crippen LogP contribution in [0.1, 0.15) is 19.7 Å². The Kier molecular flexibility index (Phi) is 4.19. The molecule has 0 atom stereocenters. The van der Waals surface area contributed by atoms with Crippen LogP contribution in [0.15, 0.2) is 0 Å². The van der Waals surface area contributed by atoms with E-state index in [-0.39, 0.29) is 23.3 Å². The van der Waals surface area contributed by atoms with Gasteiger partial charge in [-0.2, -0.15) is 4.98 Å². The van der Waals surface area contributed by atoms with Gasteiger partial charge in [0.1, 0.15) is 5.82 Å². The molecule has 0 saturated carbocycles. The topological polar surface area (TPSA) is 90.2 Å². The smallest absolute Gasteiger partial charge is 0.372 e. The van der Waals surface area contributed by atoms with Crippen LogP contribution in [0, 0.1) is 23.0 Å². The maximum absolute atomic E-state index is 11.0. The first-order valence-electron chi connectivity index (χ1n) is 5.29. The predicted molar refractivity (Wildman–Crippen MR) is 63.3 cm³/mol. The molecular weight excluding hydrogens is 224 g/mol. The Balaban J connectivity index is 3.16. The summed E-state index contributed by atoms with van der Waals surface area (Å²) in [5.74, 6) is 0.878. The van der Waals surface area contributed by atoms with Crippen LogP contribution in [-0.4, -0.2) is 28.5 Å². The van der Waals surface area contributed by atoms with Crippen molar-refractivity contribution in [1.29, 1.82) is 0 Å². The highest BCUT2D eigenvalue weighted by Crippen LogP contribution is 2.31. The minimum absolute atomic E-state index is 0.0144. The first-order valence-corrected chi connectivity index (χ1v) is 5.29. The van der Waals surface area contributed by atoms with E-state index in [0.29, 0.717) is 12.4 Å². The van der Waals surface area contributed by atoms with Crippen LogP contribution in [-0.2, 0) is 0 Å². The van der Waals surface area contributed by atoms with Crippen LogP contribution < -0.4 is 10.1 Å². The molecule has 0 aliphatic carbocycles. The van der Waals surface area contributed by atoms with Gasteiger partial charge in [0.25, 0.3) is 5.88 Å². The van der Waals surface area contributed by atoms with Gasteiger partial charge < -0.3 is 10.1 Å². The molecule has 1 rings (SSSR count). The summed E-state index contributed by atoms with van der Waals surface area (Å²) in [5.41, 5.74) is -0.223. The van der Waals surface area contributed by atoms with Gasteiger partial charge >= 0.3 is 5.69 Å². The van der Waals surface area contributed by atoms with E-state index in [1.54, 1.807) is 14.0 Å². The van der Waals surface area contributed by atoms with Crippen LogP contribution in [0.4, 0.5) is 11.5 Å². The molecule has 0 unspecified atom stereocenters. The summed E-state index contributed by atoms with van der Waals surface area (Å²) >= 11 is 0. The first kappa shape index (κ1) is 13.1. The zero-order valence-electron chi connectivity index (χ0n) is 10.4. The number of nitrogens with one attached hydrogen (secondary N) is 1. The molecule has 7 nitrogen and oxygen atoms in total. The fraction of sp³-hybridized carbons (Fsp3) is 0.600. The van der Waals surface area contributed by atoms with Crippen LogP contribution in [0.3, 0.4) is 0 Å². The number of nitrogens with zero attached hydrogens (tertiary/aromatic N) is 3. The van der Waals surface area contributed by atoms with Gasteiger partial charge in [-0.05, 0) is 12.8 Å². The Morgan fingerprint density at radius 3 is 2.59 bits per heavy atom. The maximum atomic E-state index is 11.0. The molecule has 0 radical (unpaired) electrons. The van der Waals surface area contributed by atoms with E-state index in [4.69, 9.17) is 4.74 Å². The number of hydrogen-bond acceptors (Lipinski definition) is 6. The van der Waals surface area contributed by atoms with Crippen LogP contribution in [0.5, 0.6) is 5.88 Å². The molecule has 0 spiro atoms. The molecule has 1 heterocycles. The van der Waals surface area contributed by atoms with E-state index >= 15 is 0 Å². The highest BCUT2D eigenvalue weighted by Gasteiger charge is 2.25. The highest BCUT2D eigenvalue weighted by molar-refractivity contribution is 5.61. The van der Waals surface area contributed by atoms with E-state index in [1.165, 1.54) is 0 Å². The fourth-order valence-electron chi connectivity index (χ4n) is 1.23. The van der Waals surface area contributed by atoms with Crippen molar-refractivity contribution in [2.45, 2.75) is 20.8 Å². The zero-order chi connectivity index (χ0) is 13.0. The molecule has 94 valence electrons. The normalized spacial score (nSPS) is 10.4. The van der Waals surface area contributed by atoms with Crippen molar-refractivity contribution in [3.8, 4) is 5.88 Å².